The Morgan fingerprint density at radius 1 is 1.15 bits per heavy atom. The molecule has 0 unspecified atom stereocenters. The fraction of sp³-hybridized carbons (Fsp3) is 1.00. The van der Waals surface area contributed by atoms with Gasteiger partial charge >= 0.3 is 0 Å². The highest BCUT2D eigenvalue weighted by atomic mass is 16.3. The summed E-state index contributed by atoms with van der Waals surface area (Å²) < 4.78 is 0. The molecular formula is C8H15N3O2. The minimum absolute atomic E-state index is 0.455. The molecule has 0 aromatic heterocycles. The largest absolute Gasteiger partial charge is 0.301 e. The first-order valence-corrected chi connectivity index (χ1v) is 4.56. The van der Waals surface area contributed by atoms with Crippen molar-refractivity contribution in [3.8, 4) is 0 Å². The third-order valence-corrected chi connectivity index (χ3v) is 2.67. The van der Waals surface area contributed by atoms with Gasteiger partial charge in [0, 0.05) is 32.0 Å². The van der Waals surface area contributed by atoms with Gasteiger partial charge in [0.05, 0.1) is 0 Å². The SMILES string of the molecule is CC(C)N1CCC(N=O)(N=O)CC1. The summed E-state index contributed by atoms with van der Waals surface area (Å²) in [4.78, 5) is 23.1. The van der Waals surface area contributed by atoms with Gasteiger partial charge in [0.25, 0.3) is 0 Å². The number of hydrogen-bond acceptors (Lipinski definition) is 5. The molecule has 1 saturated heterocycles. The molecule has 0 aromatic rings. The molecule has 0 radical (unpaired) electrons. The Labute approximate surface area is 77.4 Å². The number of likely N-dealkylation sites (tertiary alicyclic amines) is 1. The molecule has 0 N–H and O–H groups in total. The maximum absolute atomic E-state index is 10.4. The predicted molar refractivity (Wildman–Crippen MR) is 50.3 cm³/mol. The number of nitroso groups, excluding NO2 is 2. The van der Waals surface area contributed by atoms with E-state index in [-0.39, 0.29) is 0 Å². The molecule has 0 spiro atoms. The summed E-state index contributed by atoms with van der Waals surface area (Å²) in [6, 6.07) is 0.455. The first-order valence-electron chi connectivity index (χ1n) is 4.56. The van der Waals surface area contributed by atoms with Crippen LogP contribution in [0.15, 0.2) is 10.4 Å². The van der Waals surface area contributed by atoms with E-state index in [1.54, 1.807) is 0 Å². The third-order valence-electron chi connectivity index (χ3n) is 2.67. The van der Waals surface area contributed by atoms with Crippen LogP contribution in [0.3, 0.4) is 0 Å². The Morgan fingerprint density at radius 3 is 1.92 bits per heavy atom. The Morgan fingerprint density at radius 2 is 1.62 bits per heavy atom. The van der Waals surface area contributed by atoms with Gasteiger partial charge in [-0.3, -0.25) is 0 Å². The zero-order chi connectivity index (χ0) is 9.90. The first kappa shape index (κ1) is 10.2. The summed E-state index contributed by atoms with van der Waals surface area (Å²) in [6.07, 6.45) is 0.913. The lowest BCUT2D eigenvalue weighted by Crippen LogP contribution is -2.44. The van der Waals surface area contributed by atoms with Crippen molar-refractivity contribution in [2.45, 2.75) is 38.4 Å². The fourth-order valence-corrected chi connectivity index (χ4v) is 1.60. The van der Waals surface area contributed by atoms with Crippen LogP contribution in [0.4, 0.5) is 0 Å². The second kappa shape index (κ2) is 3.91. The summed E-state index contributed by atoms with van der Waals surface area (Å²) in [6.45, 7) is 5.65. The molecule has 0 aliphatic carbocycles. The van der Waals surface area contributed by atoms with Gasteiger partial charge in [-0.15, -0.1) is 9.81 Å². The van der Waals surface area contributed by atoms with Crippen LogP contribution in [0, 0.1) is 9.81 Å². The van der Waals surface area contributed by atoms with Crippen molar-refractivity contribution in [3.63, 3.8) is 0 Å². The van der Waals surface area contributed by atoms with Gasteiger partial charge in [0.2, 0.25) is 5.66 Å². The monoisotopic (exact) mass is 185 g/mol. The van der Waals surface area contributed by atoms with Crippen LogP contribution in [0.1, 0.15) is 26.7 Å². The molecule has 13 heavy (non-hydrogen) atoms. The normalized spacial score (nSPS) is 23.0. The van der Waals surface area contributed by atoms with Crippen LogP contribution in [0.25, 0.3) is 0 Å². The molecule has 0 atom stereocenters. The predicted octanol–water partition coefficient (Wildman–Crippen LogP) is 1.72. The van der Waals surface area contributed by atoms with Crippen molar-refractivity contribution in [2.24, 2.45) is 10.4 Å². The Hall–Kier alpha value is -0.840. The lowest BCUT2D eigenvalue weighted by molar-refractivity contribution is 0.135. The van der Waals surface area contributed by atoms with Gasteiger partial charge in [-0.2, -0.15) is 0 Å². The fourth-order valence-electron chi connectivity index (χ4n) is 1.60. The van der Waals surface area contributed by atoms with Crippen LogP contribution >= 0.6 is 0 Å². The molecule has 74 valence electrons. The quantitative estimate of drug-likeness (QED) is 0.629. The topological polar surface area (TPSA) is 62.1 Å². The first-order chi connectivity index (χ1) is 6.13. The maximum Gasteiger partial charge on any atom is 0.234 e. The summed E-state index contributed by atoms with van der Waals surface area (Å²) >= 11 is 0. The van der Waals surface area contributed by atoms with Gasteiger partial charge in [-0.25, -0.2) is 0 Å². The van der Waals surface area contributed by atoms with Crippen molar-refractivity contribution in [3.05, 3.63) is 9.81 Å². The molecule has 1 rings (SSSR count). The molecule has 0 saturated carbocycles. The lowest BCUT2D eigenvalue weighted by atomic mass is 9.98. The lowest BCUT2D eigenvalue weighted by Gasteiger charge is -2.34. The van der Waals surface area contributed by atoms with E-state index >= 15 is 0 Å². The molecule has 0 amide bonds. The molecule has 1 heterocycles. The molecule has 1 aliphatic heterocycles. The van der Waals surface area contributed by atoms with E-state index < -0.39 is 5.66 Å². The van der Waals surface area contributed by atoms with E-state index in [2.05, 4.69) is 29.1 Å². The number of hydrogen-bond donors (Lipinski definition) is 0. The minimum atomic E-state index is -1.18. The summed E-state index contributed by atoms with van der Waals surface area (Å²) in [5, 5.41) is 5.67. The average molecular weight is 185 g/mol. The zero-order valence-corrected chi connectivity index (χ0v) is 8.06. The van der Waals surface area contributed by atoms with Gasteiger partial charge < -0.3 is 4.90 Å². The molecular weight excluding hydrogens is 170 g/mol. The molecule has 0 aromatic carbocycles. The van der Waals surface area contributed by atoms with Crippen molar-refractivity contribution in [1.29, 1.82) is 0 Å². The van der Waals surface area contributed by atoms with Crippen molar-refractivity contribution < 1.29 is 0 Å². The van der Waals surface area contributed by atoms with Crippen LogP contribution < -0.4 is 0 Å². The summed E-state index contributed by atoms with van der Waals surface area (Å²) in [5.74, 6) is 0. The minimum Gasteiger partial charge on any atom is -0.301 e. The van der Waals surface area contributed by atoms with E-state index in [9.17, 15) is 9.81 Å². The van der Waals surface area contributed by atoms with Crippen molar-refractivity contribution in [1.82, 2.24) is 4.90 Å². The maximum atomic E-state index is 10.4. The van der Waals surface area contributed by atoms with Crippen LogP contribution in [0.5, 0.6) is 0 Å². The standard InChI is InChI=1S/C8H15N3O2/c1-7(2)11-5-3-8(9-12,10-13)4-6-11/h7H,3-6H2,1-2H3. The van der Waals surface area contributed by atoms with Gasteiger partial charge in [0.1, 0.15) is 0 Å². The van der Waals surface area contributed by atoms with Gasteiger partial charge in [0.15, 0.2) is 0 Å². The van der Waals surface area contributed by atoms with Gasteiger partial charge in [-0.05, 0) is 24.2 Å². The van der Waals surface area contributed by atoms with E-state index in [4.69, 9.17) is 0 Å². The number of nitrogens with zero attached hydrogens (tertiary/aromatic N) is 3. The van der Waals surface area contributed by atoms with Crippen LogP contribution in [0.2, 0.25) is 0 Å². The summed E-state index contributed by atoms with van der Waals surface area (Å²) in [7, 11) is 0. The molecule has 0 bridgehead atoms. The Kier molecular flexibility index (Phi) is 3.08. The highest BCUT2D eigenvalue weighted by Crippen LogP contribution is 2.28. The van der Waals surface area contributed by atoms with Crippen LogP contribution in [-0.4, -0.2) is 29.7 Å². The van der Waals surface area contributed by atoms with E-state index in [0.717, 1.165) is 13.1 Å². The second-order valence-electron chi connectivity index (χ2n) is 3.79. The van der Waals surface area contributed by atoms with E-state index in [1.807, 2.05) is 0 Å². The highest BCUT2D eigenvalue weighted by Gasteiger charge is 2.38. The van der Waals surface area contributed by atoms with E-state index in [1.165, 1.54) is 0 Å². The number of piperidine rings is 1. The van der Waals surface area contributed by atoms with Crippen molar-refractivity contribution in [2.75, 3.05) is 13.1 Å². The summed E-state index contributed by atoms with van der Waals surface area (Å²) in [5.41, 5.74) is -1.18. The van der Waals surface area contributed by atoms with Crippen LogP contribution in [-0.2, 0) is 0 Å². The molecule has 1 fully saturated rings. The van der Waals surface area contributed by atoms with E-state index in [0.29, 0.717) is 18.9 Å². The van der Waals surface area contributed by atoms with Crippen molar-refractivity contribution >= 4 is 0 Å². The van der Waals surface area contributed by atoms with Gasteiger partial charge in [-0.1, -0.05) is 0 Å². The Balaban J connectivity index is 2.55. The highest BCUT2D eigenvalue weighted by molar-refractivity contribution is 4.91. The zero-order valence-electron chi connectivity index (χ0n) is 8.06. The number of rotatable bonds is 3. The third kappa shape index (κ3) is 2.09. The Bertz CT molecular complexity index is 188. The second-order valence-corrected chi connectivity index (χ2v) is 3.79. The molecule has 1 aliphatic rings. The molecule has 5 heteroatoms. The molecule has 5 nitrogen and oxygen atoms in total. The average Bonchev–Trinajstić information content (AvgIpc) is 2.18. The smallest absolute Gasteiger partial charge is 0.234 e.